The molecule has 0 saturated heterocycles. The summed E-state index contributed by atoms with van der Waals surface area (Å²) >= 11 is 0. The molecule has 56 heavy (non-hydrogen) atoms. The largest absolute Gasteiger partial charge is 0.454 e. The normalized spacial score (nSPS) is 11.2. The molecule has 2 heterocycles. The predicted molar refractivity (Wildman–Crippen MR) is 229 cm³/mol. The Bertz CT molecular complexity index is 2950. The third-order valence-corrected chi connectivity index (χ3v) is 10.1. The Balaban J connectivity index is 1.09. The van der Waals surface area contributed by atoms with Crippen LogP contribution < -0.4 is 4.90 Å². The number of rotatable bonds is 8. The van der Waals surface area contributed by atoms with Gasteiger partial charge in [0.05, 0.1) is 5.69 Å². The molecule has 5 nitrogen and oxygen atoms in total. The molecule has 0 amide bonds. The van der Waals surface area contributed by atoms with Crippen LogP contribution >= 0.6 is 0 Å². The Labute approximate surface area is 324 Å². The fourth-order valence-electron chi connectivity index (χ4n) is 7.36. The molecular weight excluding hydrogens is 685 g/mol. The second-order valence-electron chi connectivity index (χ2n) is 13.7. The lowest BCUT2D eigenvalue weighted by molar-refractivity contribution is 0.669. The Morgan fingerprint density at radius 1 is 0.321 bits per heavy atom. The first kappa shape index (κ1) is 33.0. The molecule has 0 aliphatic heterocycles. The SMILES string of the molecule is c1ccc(-c2ccc(N(c3ccccc3)c3cccc4c3oc3cc(-c5nc(-c6ccccc6)nc(-c6cccc(-c7ccccc7)c6)n5)ccc34)cc2)cc1. The standard InChI is InChI=1S/C51H34N4O/c1-5-15-35(16-6-1)37-27-30-43(31-28-37)55(42-23-11-4-12-24-42)46-26-14-25-45-44-32-29-41(34-47(44)56-48(45)46)51-53-49(38-19-9-3-10-20-38)52-50(54-51)40-22-13-21-39(33-40)36-17-7-2-8-18-36/h1-34H. The van der Waals surface area contributed by atoms with Gasteiger partial charge in [0.15, 0.2) is 23.1 Å². The van der Waals surface area contributed by atoms with E-state index < -0.39 is 0 Å². The number of hydrogen-bond acceptors (Lipinski definition) is 5. The van der Waals surface area contributed by atoms with Crippen LogP contribution in [-0.2, 0) is 0 Å². The van der Waals surface area contributed by atoms with Gasteiger partial charge in [0.2, 0.25) is 0 Å². The van der Waals surface area contributed by atoms with Crippen molar-refractivity contribution in [3.05, 3.63) is 206 Å². The molecular formula is C51H34N4O. The van der Waals surface area contributed by atoms with Crippen molar-refractivity contribution in [3.8, 4) is 56.4 Å². The van der Waals surface area contributed by atoms with Crippen LogP contribution in [0.3, 0.4) is 0 Å². The lowest BCUT2D eigenvalue weighted by Crippen LogP contribution is -2.10. The van der Waals surface area contributed by atoms with Crippen molar-refractivity contribution >= 4 is 39.0 Å². The monoisotopic (exact) mass is 718 g/mol. The van der Waals surface area contributed by atoms with Crippen LogP contribution in [-0.4, -0.2) is 15.0 Å². The first-order valence-electron chi connectivity index (χ1n) is 18.7. The van der Waals surface area contributed by atoms with Gasteiger partial charge in [-0.3, -0.25) is 0 Å². The molecule has 0 N–H and O–H groups in total. The van der Waals surface area contributed by atoms with Gasteiger partial charge in [0.1, 0.15) is 5.58 Å². The summed E-state index contributed by atoms with van der Waals surface area (Å²) in [5, 5.41) is 2.05. The highest BCUT2D eigenvalue weighted by Crippen LogP contribution is 2.43. The van der Waals surface area contributed by atoms with E-state index in [-0.39, 0.29) is 0 Å². The summed E-state index contributed by atoms with van der Waals surface area (Å²) in [6.07, 6.45) is 0. The Hall–Kier alpha value is -7.63. The van der Waals surface area contributed by atoms with E-state index in [2.05, 4.69) is 163 Å². The van der Waals surface area contributed by atoms with E-state index in [9.17, 15) is 0 Å². The fourth-order valence-corrected chi connectivity index (χ4v) is 7.36. The van der Waals surface area contributed by atoms with Crippen molar-refractivity contribution < 1.29 is 4.42 Å². The van der Waals surface area contributed by atoms with Gasteiger partial charge in [-0.1, -0.05) is 158 Å². The van der Waals surface area contributed by atoms with Crippen LogP contribution in [0.2, 0.25) is 0 Å². The van der Waals surface area contributed by atoms with E-state index in [1.54, 1.807) is 0 Å². The summed E-state index contributed by atoms with van der Waals surface area (Å²) in [7, 11) is 0. The van der Waals surface area contributed by atoms with Gasteiger partial charge in [-0.2, -0.15) is 0 Å². The van der Waals surface area contributed by atoms with E-state index in [1.165, 1.54) is 5.56 Å². The van der Waals surface area contributed by atoms with Crippen molar-refractivity contribution in [2.45, 2.75) is 0 Å². The second-order valence-corrected chi connectivity index (χ2v) is 13.7. The minimum atomic E-state index is 0.575. The third-order valence-electron chi connectivity index (χ3n) is 10.1. The van der Waals surface area contributed by atoms with E-state index in [0.717, 1.165) is 72.4 Å². The summed E-state index contributed by atoms with van der Waals surface area (Å²) < 4.78 is 6.84. The quantitative estimate of drug-likeness (QED) is 0.157. The maximum Gasteiger partial charge on any atom is 0.164 e. The molecule has 0 aliphatic rings. The molecule has 0 bridgehead atoms. The molecule has 10 rings (SSSR count). The van der Waals surface area contributed by atoms with Crippen LogP contribution in [0.4, 0.5) is 17.1 Å². The average Bonchev–Trinajstić information content (AvgIpc) is 3.67. The molecule has 0 radical (unpaired) electrons. The predicted octanol–water partition coefficient (Wildman–Crippen LogP) is 13.6. The van der Waals surface area contributed by atoms with Crippen molar-refractivity contribution in [1.29, 1.82) is 0 Å². The Kier molecular flexibility index (Phi) is 8.43. The molecule has 8 aromatic carbocycles. The lowest BCUT2D eigenvalue weighted by Gasteiger charge is -2.25. The molecule has 0 atom stereocenters. The maximum absolute atomic E-state index is 6.84. The average molecular weight is 719 g/mol. The van der Waals surface area contributed by atoms with Gasteiger partial charge in [0.25, 0.3) is 0 Å². The first-order valence-corrected chi connectivity index (χ1v) is 18.7. The molecule has 5 heteroatoms. The van der Waals surface area contributed by atoms with Gasteiger partial charge in [0, 0.05) is 38.8 Å². The van der Waals surface area contributed by atoms with E-state index in [0.29, 0.717) is 17.5 Å². The number of nitrogens with zero attached hydrogens (tertiary/aromatic N) is 4. The van der Waals surface area contributed by atoms with Crippen LogP contribution in [0.15, 0.2) is 211 Å². The molecule has 0 fully saturated rings. The third kappa shape index (κ3) is 6.27. The molecule has 0 unspecified atom stereocenters. The van der Waals surface area contributed by atoms with Crippen molar-refractivity contribution in [1.82, 2.24) is 15.0 Å². The van der Waals surface area contributed by atoms with Crippen LogP contribution in [0.25, 0.3) is 78.4 Å². The Morgan fingerprint density at radius 2 is 0.786 bits per heavy atom. The fraction of sp³-hybridized carbons (Fsp3) is 0. The van der Waals surface area contributed by atoms with E-state index in [1.807, 2.05) is 48.5 Å². The highest BCUT2D eigenvalue weighted by Gasteiger charge is 2.20. The number of anilines is 3. The molecule has 0 spiro atoms. The molecule has 0 aliphatic carbocycles. The molecule has 0 saturated carbocycles. The number of benzene rings is 8. The molecule has 2 aromatic heterocycles. The topological polar surface area (TPSA) is 55.1 Å². The van der Waals surface area contributed by atoms with Crippen molar-refractivity contribution in [2.24, 2.45) is 0 Å². The second kappa shape index (κ2) is 14.3. The van der Waals surface area contributed by atoms with E-state index >= 15 is 0 Å². The number of aromatic nitrogens is 3. The van der Waals surface area contributed by atoms with Gasteiger partial charge >= 0.3 is 0 Å². The van der Waals surface area contributed by atoms with Gasteiger partial charge < -0.3 is 9.32 Å². The molecule has 264 valence electrons. The summed E-state index contributed by atoms with van der Waals surface area (Å²) in [5.41, 5.74) is 11.8. The first-order chi connectivity index (χ1) is 27.7. The zero-order chi connectivity index (χ0) is 37.3. The minimum absolute atomic E-state index is 0.575. The highest BCUT2D eigenvalue weighted by atomic mass is 16.3. The number of furan rings is 1. The molecule has 10 aromatic rings. The minimum Gasteiger partial charge on any atom is -0.454 e. The van der Waals surface area contributed by atoms with Crippen LogP contribution in [0.5, 0.6) is 0 Å². The van der Waals surface area contributed by atoms with Crippen molar-refractivity contribution in [3.63, 3.8) is 0 Å². The summed E-state index contributed by atoms with van der Waals surface area (Å²) in [6, 6.07) is 71.0. The van der Waals surface area contributed by atoms with Gasteiger partial charge in [-0.15, -0.1) is 0 Å². The van der Waals surface area contributed by atoms with Gasteiger partial charge in [-0.25, -0.2) is 15.0 Å². The zero-order valence-electron chi connectivity index (χ0n) is 30.3. The smallest absolute Gasteiger partial charge is 0.164 e. The van der Waals surface area contributed by atoms with Crippen LogP contribution in [0.1, 0.15) is 0 Å². The van der Waals surface area contributed by atoms with E-state index in [4.69, 9.17) is 19.4 Å². The van der Waals surface area contributed by atoms with Gasteiger partial charge in [-0.05, 0) is 70.8 Å². The highest BCUT2D eigenvalue weighted by molar-refractivity contribution is 6.11. The summed E-state index contributed by atoms with van der Waals surface area (Å²) in [5.74, 6) is 1.79. The van der Waals surface area contributed by atoms with Crippen molar-refractivity contribution in [2.75, 3.05) is 4.90 Å². The number of para-hydroxylation sites is 2. The summed E-state index contributed by atoms with van der Waals surface area (Å²) in [4.78, 5) is 17.3. The number of hydrogen-bond donors (Lipinski definition) is 0. The summed E-state index contributed by atoms with van der Waals surface area (Å²) in [6.45, 7) is 0. The Morgan fingerprint density at radius 3 is 1.45 bits per heavy atom. The number of fused-ring (bicyclic) bond motifs is 3. The lowest BCUT2D eigenvalue weighted by atomic mass is 10.0. The maximum atomic E-state index is 6.84. The van der Waals surface area contributed by atoms with Crippen LogP contribution in [0, 0.1) is 0 Å². The zero-order valence-corrected chi connectivity index (χ0v) is 30.3.